The maximum Gasteiger partial charge on any atom is 0.344 e. The van der Waals surface area contributed by atoms with Gasteiger partial charge in [-0.05, 0) is 38.1 Å². The molecule has 0 aliphatic carbocycles. The summed E-state index contributed by atoms with van der Waals surface area (Å²) in [6.07, 6.45) is -0.0433. The zero-order valence-electron chi connectivity index (χ0n) is 13.2. The fraction of sp³-hybridized carbons (Fsp3) is 0.500. The second-order valence-corrected chi connectivity index (χ2v) is 5.90. The van der Waals surface area contributed by atoms with Gasteiger partial charge in [0.2, 0.25) is 0 Å². The minimum absolute atomic E-state index is 0.0216. The minimum atomic E-state index is -0.595. The van der Waals surface area contributed by atoms with Gasteiger partial charge in [-0.25, -0.2) is 4.79 Å². The lowest BCUT2D eigenvalue weighted by atomic mass is 10.2. The third kappa shape index (κ3) is 5.73. The van der Waals surface area contributed by atoms with Crippen molar-refractivity contribution >= 4 is 23.5 Å². The van der Waals surface area contributed by atoms with Crippen LogP contribution in [0.2, 0.25) is 5.02 Å². The molecule has 2 rings (SSSR count). The molecule has 23 heavy (non-hydrogen) atoms. The number of benzene rings is 1. The maximum atomic E-state index is 12.0. The van der Waals surface area contributed by atoms with Crippen molar-refractivity contribution in [1.82, 2.24) is 4.90 Å². The normalized spacial score (nSPS) is 20.9. The Hall–Kier alpha value is -1.79. The Morgan fingerprint density at radius 3 is 2.39 bits per heavy atom. The zero-order valence-corrected chi connectivity index (χ0v) is 13.9. The van der Waals surface area contributed by atoms with Crippen LogP contribution in [0.15, 0.2) is 24.3 Å². The molecule has 7 heteroatoms. The molecule has 2 atom stereocenters. The molecule has 1 amide bonds. The lowest BCUT2D eigenvalue weighted by Crippen LogP contribution is -2.49. The van der Waals surface area contributed by atoms with Crippen LogP contribution < -0.4 is 4.74 Å². The standard InChI is InChI=1S/C16H20ClNO5/c1-11-7-18(8-12(2)23-11)15(19)9-22-16(20)10-21-14-5-3-13(17)4-6-14/h3-6,11-12H,7-10H2,1-2H3/t11-,12-/m0/s1. The van der Waals surface area contributed by atoms with E-state index in [4.69, 9.17) is 25.8 Å². The van der Waals surface area contributed by atoms with Gasteiger partial charge < -0.3 is 19.1 Å². The average Bonchev–Trinajstić information content (AvgIpc) is 2.51. The third-order valence-electron chi connectivity index (χ3n) is 3.30. The maximum absolute atomic E-state index is 12.0. The van der Waals surface area contributed by atoms with Crippen LogP contribution in [0.5, 0.6) is 5.75 Å². The molecule has 0 aromatic heterocycles. The van der Waals surface area contributed by atoms with Gasteiger partial charge in [-0.1, -0.05) is 11.6 Å². The molecule has 0 unspecified atom stereocenters. The molecule has 1 aromatic carbocycles. The summed E-state index contributed by atoms with van der Waals surface area (Å²) in [7, 11) is 0. The second kappa shape index (κ2) is 8.17. The quantitative estimate of drug-likeness (QED) is 0.765. The Kier molecular flexibility index (Phi) is 6.24. The molecule has 0 spiro atoms. The Balaban J connectivity index is 1.71. The van der Waals surface area contributed by atoms with Crippen LogP contribution in [0.1, 0.15) is 13.8 Å². The number of nitrogens with zero attached hydrogens (tertiary/aromatic N) is 1. The van der Waals surface area contributed by atoms with Crippen LogP contribution in [-0.2, 0) is 19.1 Å². The predicted molar refractivity (Wildman–Crippen MR) is 84.5 cm³/mol. The third-order valence-corrected chi connectivity index (χ3v) is 3.55. The Morgan fingerprint density at radius 1 is 1.17 bits per heavy atom. The van der Waals surface area contributed by atoms with Crippen molar-refractivity contribution < 1.29 is 23.8 Å². The highest BCUT2D eigenvalue weighted by molar-refractivity contribution is 6.30. The minimum Gasteiger partial charge on any atom is -0.482 e. The number of rotatable bonds is 5. The number of carbonyl (C=O) groups excluding carboxylic acids is 2. The van der Waals surface area contributed by atoms with Crippen molar-refractivity contribution in [3.63, 3.8) is 0 Å². The second-order valence-electron chi connectivity index (χ2n) is 5.46. The number of amides is 1. The Bertz CT molecular complexity index is 538. The molecule has 1 saturated heterocycles. The van der Waals surface area contributed by atoms with Crippen LogP contribution in [0.25, 0.3) is 0 Å². The summed E-state index contributed by atoms with van der Waals surface area (Å²) in [6, 6.07) is 6.62. The predicted octanol–water partition coefficient (Wildman–Crippen LogP) is 1.90. The van der Waals surface area contributed by atoms with E-state index in [9.17, 15) is 9.59 Å². The van der Waals surface area contributed by atoms with Gasteiger partial charge in [0.1, 0.15) is 5.75 Å². The van der Waals surface area contributed by atoms with E-state index in [-0.39, 0.29) is 31.3 Å². The summed E-state index contributed by atoms with van der Waals surface area (Å²) < 4.78 is 15.8. The van der Waals surface area contributed by atoms with E-state index in [0.717, 1.165) is 0 Å². The van der Waals surface area contributed by atoms with Crippen molar-refractivity contribution in [2.45, 2.75) is 26.1 Å². The van der Waals surface area contributed by atoms with E-state index in [1.165, 1.54) is 0 Å². The molecule has 1 aromatic rings. The van der Waals surface area contributed by atoms with Crippen molar-refractivity contribution in [1.29, 1.82) is 0 Å². The number of morpholine rings is 1. The molecular formula is C16H20ClNO5. The van der Waals surface area contributed by atoms with E-state index in [1.807, 2.05) is 13.8 Å². The fourth-order valence-corrected chi connectivity index (χ4v) is 2.46. The molecule has 0 saturated carbocycles. The van der Waals surface area contributed by atoms with Crippen LogP contribution in [-0.4, -0.2) is 55.3 Å². The van der Waals surface area contributed by atoms with Gasteiger partial charge in [-0.2, -0.15) is 0 Å². The van der Waals surface area contributed by atoms with Gasteiger partial charge in [0.15, 0.2) is 13.2 Å². The van der Waals surface area contributed by atoms with Crippen molar-refractivity contribution in [2.75, 3.05) is 26.3 Å². The zero-order chi connectivity index (χ0) is 16.8. The van der Waals surface area contributed by atoms with E-state index < -0.39 is 5.97 Å². The van der Waals surface area contributed by atoms with E-state index in [1.54, 1.807) is 29.2 Å². The monoisotopic (exact) mass is 341 g/mol. The topological polar surface area (TPSA) is 65.1 Å². The van der Waals surface area contributed by atoms with Gasteiger partial charge in [-0.15, -0.1) is 0 Å². The van der Waals surface area contributed by atoms with Crippen LogP contribution in [0, 0.1) is 0 Å². The molecule has 0 radical (unpaired) electrons. The van der Waals surface area contributed by atoms with Crippen molar-refractivity contribution in [3.8, 4) is 5.75 Å². The van der Waals surface area contributed by atoms with Crippen LogP contribution >= 0.6 is 11.6 Å². The number of halogens is 1. The highest BCUT2D eigenvalue weighted by Gasteiger charge is 2.26. The molecule has 1 heterocycles. The first-order valence-electron chi connectivity index (χ1n) is 7.41. The number of hydrogen-bond acceptors (Lipinski definition) is 5. The van der Waals surface area contributed by atoms with Gasteiger partial charge in [-0.3, -0.25) is 4.79 Å². The van der Waals surface area contributed by atoms with Crippen LogP contribution in [0.3, 0.4) is 0 Å². The molecule has 1 aliphatic rings. The molecule has 0 N–H and O–H groups in total. The van der Waals surface area contributed by atoms with Gasteiger partial charge in [0, 0.05) is 18.1 Å². The summed E-state index contributed by atoms with van der Waals surface area (Å²) in [5, 5.41) is 0.583. The SMILES string of the molecule is C[C@H]1CN(C(=O)COC(=O)COc2ccc(Cl)cc2)C[C@H](C)O1. The Labute approximate surface area is 140 Å². The summed E-state index contributed by atoms with van der Waals surface area (Å²) >= 11 is 5.76. The molecule has 0 bridgehead atoms. The molecule has 6 nitrogen and oxygen atoms in total. The first kappa shape index (κ1) is 17.6. The summed E-state index contributed by atoms with van der Waals surface area (Å²) in [5.41, 5.74) is 0. The largest absolute Gasteiger partial charge is 0.482 e. The summed E-state index contributed by atoms with van der Waals surface area (Å²) in [6.45, 7) is 4.26. The number of ether oxygens (including phenoxy) is 3. The lowest BCUT2D eigenvalue weighted by molar-refractivity contribution is -0.158. The first-order valence-corrected chi connectivity index (χ1v) is 7.79. The molecule has 126 valence electrons. The molecule has 1 aliphatic heterocycles. The smallest absolute Gasteiger partial charge is 0.344 e. The number of esters is 1. The fourth-order valence-electron chi connectivity index (χ4n) is 2.33. The van der Waals surface area contributed by atoms with Gasteiger partial charge >= 0.3 is 5.97 Å². The van der Waals surface area contributed by atoms with Crippen molar-refractivity contribution in [3.05, 3.63) is 29.3 Å². The van der Waals surface area contributed by atoms with E-state index in [2.05, 4.69) is 0 Å². The average molecular weight is 342 g/mol. The Morgan fingerprint density at radius 2 is 1.78 bits per heavy atom. The highest BCUT2D eigenvalue weighted by atomic mass is 35.5. The summed E-state index contributed by atoms with van der Waals surface area (Å²) in [5.74, 6) is -0.317. The van der Waals surface area contributed by atoms with E-state index >= 15 is 0 Å². The van der Waals surface area contributed by atoms with Gasteiger partial charge in [0.25, 0.3) is 5.91 Å². The van der Waals surface area contributed by atoms with Crippen LogP contribution in [0.4, 0.5) is 0 Å². The van der Waals surface area contributed by atoms with Gasteiger partial charge in [0.05, 0.1) is 12.2 Å². The molecular weight excluding hydrogens is 322 g/mol. The number of hydrogen-bond donors (Lipinski definition) is 0. The lowest BCUT2D eigenvalue weighted by Gasteiger charge is -2.35. The molecule has 1 fully saturated rings. The summed E-state index contributed by atoms with van der Waals surface area (Å²) in [4.78, 5) is 25.3. The van der Waals surface area contributed by atoms with E-state index in [0.29, 0.717) is 23.9 Å². The highest BCUT2D eigenvalue weighted by Crippen LogP contribution is 2.15. The van der Waals surface area contributed by atoms with Crippen molar-refractivity contribution in [2.24, 2.45) is 0 Å². The number of carbonyl (C=O) groups is 2. The first-order chi connectivity index (χ1) is 10.9.